The monoisotopic (exact) mass is 300 g/mol. The summed E-state index contributed by atoms with van der Waals surface area (Å²) in [6.07, 6.45) is 3.73. The summed E-state index contributed by atoms with van der Waals surface area (Å²) >= 11 is 0. The van der Waals surface area contributed by atoms with Crippen molar-refractivity contribution in [2.24, 2.45) is 17.8 Å². The van der Waals surface area contributed by atoms with E-state index in [1.165, 1.54) is 18.7 Å². The number of carbonyl (C=O) groups excluding carboxylic acids is 2. The molecule has 2 aliphatic rings. The summed E-state index contributed by atoms with van der Waals surface area (Å²) in [6, 6.07) is 10.2. The first kappa shape index (κ1) is 14.8. The highest BCUT2D eigenvalue weighted by molar-refractivity contribution is 5.82. The Bertz CT molecular complexity index is 592. The van der Waals surface area contributed by atoms with Gasteiger partial charge in [-0.05, 0) is 17.4 Å². The van der Waals surface area contributed by atoms with Gasteiger partial charge in [0.25, 0.3) is 0 Å². The fourth-order valence-electron chi connectivity index (χ4n) is 3.99. The van der Waals surface area contributed by atoms with Crippen LogP contribution in [-0.2, 0) is 19.1 Å². The number of fused-ring (bicyclic) bond motifs is 1. The number of rotatable bonds is 3. The van der Waals surface area contributed by atoms with Crippen LogP contribution >= 0.6 is 0 Å². The number of allylic oxidation sites excluding steroid dienone is 1. The number of carbonyl (C=O) groups is 2. The van der Waals surface area contributed by atoms with Crippen LogP contribution in [0.1, 0.15) is 24.8 Å². The Morgan fingerprint density at radius 1 is 1.32 bits per heavy atom. The third-order valence-corrected chi connectivity index (χ3v) is 4.93. The highest BCUT2D eigenvalue weighted by Gasteiger charge is 2.53. The molecule has 0 N–H and O–H groups in total. The van der Waals surface area contributed by atoms with Crippen LogP contribution in [-0.4, -0.2) is 25.2 Å². The molecule has 4 nitrogen and oxygen atoms in total. The summed E-state index contributed by atoms with van der Waals surface area (Å²) in [7, 11) is 1.36. The fourth-order valence-corrected chi connectivity index (χ4v) is 3.99. The van der Waals surface area contributed by atoms with Crippen molar-refractivity contribution in [2.45, 2.75) is 25.4 Å². The molecule has 1 saturated heterocycles. The standard InChI is InChI=1S/C18H20O4/c1-11-17(12-6-4-3-5-7-12)13(8-9-15(19)21-2)14-10-16(20)22-18(11)14/h3-9,11,13-14,17-18H,10H2,1-2H3/b9-8+/t11-,13-,14-,17+,18+/m0/s1. The maximum absolute atomic E-state index is 11.6. The van der Waals surface area contributed by atoms with Crippen LogP contribution in [0.3, 0.4) is 0 Å². The summed E-state index contributed by atoms with van der Waals surface area (Å²) in [4.78, 5) is 23.1. The van der Waals surface area contributed by atoms with E-state index in [9.17, 15) is 9.59 Å². The molecular weight excluding hydrogens is 280 g/mol. The van der Waals surface area contributed by atoms with Crippen LogP contribution in [0.25, 0.3) is 0 Å². The lowest BCUT2D eigenvalue weighted by molar-refractivity contribution is -0.143. The molecule has 1 aromatic rings. The summed E-state index contributed by atoms with van der Waals surface area (Å²) in [6.45, 7) is 2.12. The summed E-state index contributed by atoms with van der Waals surface area (Å²) in [5.74, 6) is 0.205. The van der Waals surface area contributed by atoms with Crippen molar-refractivity contribution in [1.29, 1.82) is 0 Å². The molecular formula is C18H20O4. The zero-order valence-electron chi connectivity index (χ0n) is 12.8. The van der Waals surface area contributed by atoms with E-state index in [2.05, 4.69) is 23.8 Å². The van der Waals surface area contributed by atoms with E-state index in [4.69, 9.17) is 4.74 Å². The number of methoxy groups -OCH3 is 1. The average molecular weight is 300 g/mol. The molecule has 1 aromatic carbocycles. The zero-order valence-corrected chi connectivity index (χ0v) is 12.8. The van der Waals surface area contributed by atoms with Gasteiger partial charge in [-0.25, -0.2) is 4.79 Å². The van der Waals surface area contributed by atoms with Crippen LogP contribution in [0.2, 0.25) is 0 Å². The number of hydrogen-bond acceptors (Lipinski definition) is 4. The Kier molecular flexibility index (Phi) is 4.01. The minimum absolute atomic E-state index is 0.0648. The van der Waals surface area contributed by atoms with Crippen LogP contribution in [0.5, 0.6) is 0 Å². The molecule has 2 fully saturated rings. The Morgan fingerprint density at radius 2 is 2.05 bits per heavy atom. The number of benzene rings is 1. The van der Waals surface area contributed by atoms with Gasteiger partial charge >= 0.3 is 11.9 Å². The van der Waals surface area contributed by atoms with E-state index in [1.54, 1.807) is 0 Å². The molecule has 4 heteroatoms. The zero-order chi connectivity index (χ0) is 15.7. The van der Waals surface area contributed by atoms with E-state index >= 15 is 0 Å². The largest absolute Gasteiger partial charge is 0.466 e. The molecule has 0 aromatic heterocycles. The molecule has 0 amide bonds. The van der Waals surface area contributed by atoms with E-state index < -0.39 is 0 Å². The van der Waals surface area contributed by atoms with Crippen LogP contribution in [0.4, 0.5) is 0 Å². The molecule has 1 aliphatic heterocycles. The molecule has 1 heterocycles. The van der Waals surface area contributed by atoms with Crippen molar-refractivity contribution in [3.05, 3.63) is 48.0 Å². The predicted octanol–water partition coefficient (Wildman–Crippen LogP) is 2.70. The summed E-state index contributed by atoms with van der Waals surface area (Å²) in [5.41, 5.74) is 1.22. The van der Waals surface area contributed by atoms with Gasteiger partial charge in [-0.3, -0.25) is 4.79 Å². The lowest BCUT2D eigenvalue weighted by Crippen LogP contribution is -2.18. The van der Waals surface area contributed by atoms with Crippen molar-refractivity contribution >= 4 is 11.9 Å². The van der Waals surface area contributed by atoms with Gasteiger partial charge in [0.1, 0.15) is 6.10 Å². The molecule has 0 radical (unpaired) electrons. The summed E-state index contributed by atoms with van der Waals surface area (Å²) < 4.78 is 10.2. The fraction of sp³-hybridized carbons (Fsp3) is 0.444. The Morgan fingerprint density at radius 3 is 2.73 bits per heavy atom. The topological polar surface area (TPSA) is 52.6 Å². The second kappa shape index (κ2) is 5.95. The number of ether oxygens (including phenoxy) is 2. The van der Waals surface area contributed by atoms with Gasteiger partial charge in [0.2, 0.25) is 0 Å². The molecule has 22 heavy (non-hydrogen) atoms. The van der Waals surface area contributed by atoms with Gasteiger partial charge in [-0.15, -0.1) is 0 Å². The SMILES string of the molecule is COC(=O)/C=C/[C@H]1[C@@H]2CC(=O)O[C@@H]2[C@@H](C)[C@@H]1c1ccccc1. The van der Waals surface area contributed by atoms with Gasteiger partial charge in [-0.2, -0.15) is 0 Å². The third kappa shape index (κ3) is 2.54. The van der Waals surface area contributed by atoms with Crippen molar-refractivity contribution in [2.75, 3.05) is 7.11 Å². The lowest BCUT2D eigenvalue weighted by Gasteiger charge is -2.23. The predicted molar refractivity (Wildman–Crippen MR) is 81.0 cm³/mol. The molecule has 1 saturated carbocycles. The molecule has 0 spiro atoms. The maximum atomic E-state index is 11.6. The molecule has 1 aliphatic carbocycles. The van der Waals surface area contributed by atoms with E-state index in [0.29, 0.717) is 6.42 Å². The highest BCUT2D eigenvalue weighted by atomic mass is 16.6. The van der Waals surface area contributed by atoms with E-state index in [0.717, 1.165) is 0 Å². The van der Waals surface area contributed by atoms with Gasteiger partial charge in [0, 0.05) is 17.9 Å². The molecule has 3 rings (SSSR count). The Hall–Kier alpha value is -2.10. The minimum Gasteiger partial charge on any atom is -0.466 e. The minimum atomic E-state index is -0.367. The lowest BCUT2D eigenvalue weighted by atomic mass is 9.81. The van der Waals surface area contributed by atoms with Crippen LogP contribution in [0, 0.1) is 17.8 Å². The van der Waals surface area contributed by atoms with Crippen LogP contribution in [0.15, 0.2) is 42.5 Å². The van der Waals surface area contributed by atoms with Gasteiger partial charge in [0.05, 0.1) is 13.5 Å². The number of esters is 2. The second-order valence-electron chi connectivity index (χ2n) is 6.08. The van der Waals surface area contributed by atoms with E-state index in [-0.39, 0.29) is 41.7 Å². The first-order chi connectivity index (χ1) is 10.6. The third-order valence-electron chi connectivity index (χ3n) is 4.93. The van der Waals surface area contributed by atoms with Gasteiger partial charge in [-0.1, -0.05) is 43.3 Å². The van der Waals surface area contributed by atoms with Gasteiger partial charge < -0.3 is 9.47 Å². The average Bonchev–Trinajstić information content (AvgIpc) is 3.02. The van der Waals surface area contributed by atoms with Gasteiger partial charge in [0.15, 0.2) is 0 Å². The second-order valence-corrected chi connectivity index (χ2v) is 6.08. The Balaban J connectivity index is 1.94. The summed E-state index contributed by atoms with van der Waals surface area (Å²) in [5, 5.41) is 0. The number of hydrogen-bond donors (Lipinski definition) is 0. The molecule has 0 bridgehead atoms. The first-order valence-electron chi connectivity index (χ1n) is 7.62. The van der Waals surface area contributed by atoms with Crippen molar-refractivity contribution in [3.63, 3.8) is 0 Å². The smallest absolute Gasteiger partial charge is 0.330 e. The van der Waals surface area contributed by atoms with Crippen molar-refractivity contribution in [1.82, 2.24) is 0 Å². The van der Waals surface area contributed by atoms with Crippen LogP contribution < -0.4 is 0 Å². The molecule has 0 unspecified atom stereocenters. The quantitative estimate of drug-likeness (QED) is 0.636. The van der Waals surface area contributed by atoms with E-state index in [1.807, 2.05) is 24.3 Å². The maximum Gasteiger partial charge on any atom is 0.330 e. The Labute approximate surface area is 130 Å². The van der Waals surface area contributed by atoms with Crippen molar-refractivity contribution in [3.8, 4) is 0 Å². The normalized spacial score (nSPS) is 33.7. The highest BCUT2D eigenvalue weighted by Crippen LogP contribution is 2.53. The molecule has 5 atom stereocenters. The molecule has 116 valence electrons. The first-order valence-corrected chi connectivity index (χ1v) is 7.62. The van der Waals surface area contributed by atoms with Crippen molar-refractivity contribution < 1.29 is 19.1 Å².